The SMILES string of the molecule is CC.c1cnc2c[nH]cc2c1. The molecule has 2 rings (SSSR count). The monoisotopic (exact) mass is 148 g/mol. The van der Waals surface area contributed by atoms with E-state index in [0.717, 1.165) is 10.9 Å². The lowest BCUT2D eigenvalue weighted by atomic mass is 10.3. The summed E-state index contributed by atoms with van der Waals surface area (Å²) in [6, 6.07) is 3.95. The van der Waals surface area contributed by atoms with E-state index in [1.807, 2.05) is 38.4 Å². The molecule has 0 amide bonds. The first-order valence-corrected chi connectivity index (χ1v) is 3.84. The number of rotatable bonds is 0. The van der Waals surface area contributed by atoms with Crippen molar-refractivity contribution in [1.29, 1.82) is 0 Å². The van der Waals surface area contributed by atoms with Crippen LogP contribution in [0.3, 0.4) is 0 Å². The fraction of sp³-hybridized carbons (Fsp3) is 0.222. The standard InChI is InChI=1S/C7H6N2.C2H6/c1-2-6-4-8-5-7(6)9-3-1;1-2/h1-5,8H;1-2H3. The highest BCUT2D eigenvalue weighted by molar-refractivity contribution is 5.77. The molecule has 0 bridgehead atoms. The van der Waals surface area contributed by atoms with Crippen molar-refractivity contribution in [2.45, 2.75) is 13.8 Å². The molecule has 0 saturated carbocycles. The smallest absolute Gasteiger partial charge is 0.0876 e. The molecule has 0 aliphatic rings. The highest BCUT2D eigenvalue weighted by atomic mass is 14.7. The predicted molar refractivity (Wildman–Crippen MR) is 47.4 cm³/mol. The van der Waals surface area contributed by atoms with Crippen molar-refractivity contribution in [3.63, 3.8) is 0 Å². The van der Waals surface area contributed by atoms with Gasteiger partial charge in [-0.1, -0.05) is 13.8 Å². The van der Waals surface area contributed by atoms with Crippen molar-refractivity contribution < 1.29 is 0 Å². The number of fused-ring (bicyclic) bond motifs is 1. The van der Waals surface area contributed by atoms with Crippen molar-refractivity contribution >= 4 is 10.9 Å². The highest BCUT2D eigenvalue weighted by Gasteiger charge is 1.88. The average Bonchev–Trinajstić information content (AvgIpc) is 2.55. The summed E-state index contributed by atoms with van der Waals surface area (Å²) in [5, 5.41) is 1.16. The Kier molecular flexibility index (Phi) is 2.66. The number of nitrogens with one attached hydrogen (secondary N) is 1. The minimum Gasteiger partial charge on any atom is -0.365 e. The molecule has 2 heteroatoms. The van der Waals surface area contributed by atoms with Crippen LogP contribution in [0.2, 0.25) is 0 Å². The fourth-order valence-electron chi connectivity index (χ4n) is 0.883. The van der Waals surface area contributed by atoms with Gasteiger partial charge < -0.3 is 4.98 Å². The van der Waals surface area contributed by atoms with Crippen LogP contribution in [0.25, 0.3) is 10.9 Å². The summed E-state index contributed by atoms with van der Waals surface area (Å²) in [6.45, 7) is 4.00. The van der Waals surface area contributed by atoms with E-state index < -0.39 is 0 Å². The van der Waals surface area contributed by atoms with Crippen LogP contribution in [0.5, 0.6) is 0 Å². The molecule has 0 fully saturated rings. The quantitative estimate of drug-likeness (QED) is 0.611. The maximum atomic E-state index is 4.11. The third kappa shape index (κ3) is 1.58. The molecule has 0 atom stereocenters. The highest BCUT2D eigenvalue weighted by Crippen LogP contribution is 2.06. The van der Waals surface area contributed by atoms with E-state index in [-0.39, 0.29) is 0 Å². The molecule has 11 heavy (non-hydrogen) atoms. The minimum atomic E-state index is 1.03. The van der Waals surface area contributed by atoms with Gasteiger partial charge in [0.05, 0.1) is 5.52 Å². The predicted octanol–water partition coefficient (Wildman–Crippen LogP) is 2.59. The molecule has 0 unspecified atom stereocenters. The van der Waals surface area contributed by atoms with Gasteiger partial charge in [0.2, 0.25) is 0 Å². The van der Waals surface area contributed by atoms with Crippen LogP contribution in [-0.4, -0.2) is 9.97 Å². The summed E-state index contributed by atoms with van der Waals surface area (Å²) in [7, 11) is 0. The zero-order valence-corrected chi connectivity index (χ0v) is 6.83. The Morgan fingerprint density at radius 2 is 2.09 bits per heavy atom. The van der Waals surface area contributed by atoms with Gasteiger partial charge in [0.25, 0.3) is 0 Å². The summed E-state index contributed by atoms with van der Waals surface area (Å²) in [5.41, 5.74) is 1.03. The van der Waals surface area contributed by atoms with Gasteiger partial charge in [0.15, 0.2) is 0 Å². The molecule has 0 saturated heterocycles. The van der Waals surface area contributed by atoms with Gasteiger partial charge >= 0.3 is 0 Å². The first kappa shape index (κ1) is 7.79. The van der Waals surface area contributed by atoms with Crippen LogP contribution in [-0.2, 0) is 0 Å². The van der Waals surface area contributed by atoms with Gasteiger partial charge in [0, 0.05) is 24.0 Å². The molecule has 0 spiro atoms. The molecule has 1 N–H and O–H groups in total. The van der Waals surface area contributed by atoms with Crippen molar-refractivity contribution in [3.8, 4) is 0 Å². The molecule has 58 valence electrons. The van der Waals surface area contributed by atoms with Gasteiger partial charge in [-0.15, -0.1) is 0 Å². The first-order chi connectivity index (χ1) is 5.47. The summed E-state index contributed by atoms with van der Waals surface area (Å²) in [6.07, 6.45) is 5.60. The summed E-state index contributed by atoms with van der Waals surface area (Å²) in [4.78, 5) is 7.09. The van der Waals surface area contributed by atoms with E-state index in [2.05, 4.69) is 9.97 Å². The Bertz CT molecular complexity index is 282. The molecule has 0 aromatic carbocycles. The van der Waals surface area contributed by atoms with Crippen LogP contribution in [0.15, 0.2) is 30.7 Å². The Hall–Kier alpha value is -1.31. The molecule has 2 aromatic heterocycles. The molecule has 2 heterocycles. The van der Waals surface area contributed by atoms with Crippen LogP contribution < -0.4 is 0 Å². The van der Waals surface area contributed by atoms with Crippen LogP contribution in [0.1, 0.15) is 13.8 Å². The van der Waals surface area contributed by atoms with Crippen molar-refractivity contribution in [1.82, 2.24) is 9.97 Å². The summed E-state index contributed by atoms with van der Waals surface area (Å²) < 4.78 is 0. The largest absolute Gasteiger partial charge is 0.365 e. The second-order valence-corrected chi connectivity index (χ2v) is 1.93. The van der Waals surface area contributed by atoms with Crippen LogP contribution in [0.4, 0.5) is 0 Å². The number of H-pyrrole nitrogens is 1. The van der Waals surface area contributed by atoms with Crippen LogP contribution in [0, 0.1) is 0 Å². The van der Waals surface area contributed by atoms with Crippen molar-refractivity contribution in [2.75, 3.05) is 0 Å². The van der Waals surface area contributed by atoms with E-state index in [0.29, 0.717) is 0 Å². The van der Waals surface area contributed by atoms with E-state index in [4.69, 9.17) is 0 Å². The third-order valence-corrected chi connectivity index (χ3v) is 1.33. The van der Waals surface area contributed by atoms with Gasteiger partial charge in [-0.3, -0.25) is 4.98 Å². The molecule has 0 aliphatic heterocycles. The second kappa shape index (κ2) is 3.76. The average molecular weight is 148 g/mol. The number of aromatic nitrogens is 2. The Labute approximate surface area is 66.3 Å². The third-order valence-electron chi connectivity index (χ3n) is 1.33. The maximum absolute atomic E-state index is 4.11. The topological polar surface area (TPSA) is 28.7 Å². The molecule has 2 aromatic rings. The van der Waals surface area contributed by atoms with Gasteiger partial charge in [-0.25, -0.2) is 0 Å². The number of pyridine rings is 1. The number of nitrogens with zero attached hydrogens (tertiary/aromatic N) is 1. The zero-order chi connectivity index (χ0) is 8.10. The van der Waals surface area contributed by atoms with Crippen molar-refractivity contribution in [2.24, 2.45) is 0 Å². The van der Waals surface area contributed by atoms with E-state index in [1.165, 1.54) is 0 Å². The van der Waals surface area contributed by atoms with Crippen molar-refractivity contribution in [3.05, 3.63) is 30.7 Å². The van der Waals surface area contributed by atoms with E-state index in [1.54, 1.807) is 6.20 Å². The van der Waals surface area contributed by atoms with Gasteiger partial charge in [-0.2, -0.15) is 0 Å². The number of aromatic amines is 1. The second-order valence-electron chi connectivity index (χ2n) is 1.93. The first-order valence-electron chi connectivity index (χ1n) is 3.84. The number of hydrogen-bond acceptors (Lipinski definition) is 1. The lowest BCUT2D eigenvalue weighted by Gasteiger charge is -1.81. The Morgan fingerprint density at radius 1 is 1.27 bits per heavy atom. The van der Waals surface area contributed by atoms with E-state index in [9.17, 15) is 0 Å². The Balaban J connectivity index is 0.000000281. The van der Waals surface area contributed by atoms with Crippen LogP contribution >= 0.6 is 0 Å². The maximum Gasteiger partial charge on any atom is 0.0876 e. The minimum absolute atomic E-state index is 1.03. The molecular weight excluding hydrogens is 136 g/mol. The molecule has 0 aliphatic carbocycles. The lowest BCUT2D eigenvalue weighted by molar-refractivity contribution is 1.39. The molecular formula is C9H12N2. The van der Waals surface area contributed by atoms with E-state index >= 15 is 0 Å². The normalized spacial score (nSPS) is 8.91. The zero-order valence-electron chi connectivity index (χ0n) is 6.83. The number of hydrogen-bond donors (Lipinski definition) is 1. The Morgan fingerprint density at radius 3 is 2.82 bits per heavy atom. The lowest BCUT2D eigenvalue weighted by Crippen LogP contribution is -1.66. The summed E-state index contributed by atoms with van der Waals surface area (Å²) in [5.74, 6) is 0. The van der Waals surface area contributed by atoms with Gasteiger partial charge in [-0.05, 0) is 12.1 Å². The fourth-order valence-corrected chi connectivity index (χ4v) is 0.883. The summed E-state index contributed by atoms with van der Waals surface area (Å²) >= 11 is 0. The molecule has 2 nitrogen and oxygen atoms in total. The van der Waals surface area contributed by atoms with Gasteiger partial charge in [0.1, 0.15) is 0 Å². The molecule has 0 radical (unpaired) electrons.